The van der Waals surface area contributed by atoms with Crippen molar-refractivity contribution < 1.29 is 4.74 Å². The number of hydrogen-bond donors (Lipinski definition) is 3. The molecule has 1 aromatic rings. The van der Waals surface area contributed by atoms with Crippen molar-refractivity contribution in [1.82, 2.24) is 9.97 Å². The van der Waals surface area contributed by atoms with E-state index in [1.807, 2.05) is 0 Å². The Morgan fingerprint density at radius 1 is 1.69 bits per heavy atom. The fourth-order valence-corrected chi connectivity index (χ4v) is 1.60. The zero-order chi connectivity index (χ0) is 11.6. The van der Waals surface area contributed by atoms with Crippen molar-refractivity contribution in [3.63, 3.8) is 0 Å². The molecule has 16 heavy (non-hydrogen) atoms. The molecule has 0 aromatic carbocycles. The van der Waals surface area contributed by atoms with Gasteiger partial charge in [0.2, 0.25) is 5.75 Å². The minimum absolute atomic E-state index is 0.190. The third-order valence-electron chi connectivity index (χ3n) is 3.04. The highest BCUT2D eigenvalue weighted by Crippen LogP contribution is 2.44. The van der Waals surface area contributed by atoms with E-state index < -0.39 is 0 Å². The highest BCUT2D eigenvalue weighted by Gasteiger charge is 2.41. The molecule has 2 rings (SSSR count). The van der Waals surface area contributed by atoms with Crippen molar-refractivity contribution in [2.24, 2.45) is 11.1 Å². The predicted molar refractivity (Wildman–Crippen MR) is 60.6 cm³/mol. The number of nitrogens with one attached hydrogen (secondary N) is 2. The van der Waals surface area contributed by atoms with Crippen LogP contribution in [0.25, 0.3) is 0 Å². The van der Waals surface area contributed by atoms with Gasteiger partial charge in [-0.25, -0.2) is 4.98 Å². The van der Waals surface area contributed by atoms with Crippen LogP contribution in [0, 0.1) is 5.41 Å². The molecule has 0 radical (unpaired) electrons. The van der Waals surface area contributed by atoms with E-state index in [0.29, 0.717) is 12.4 Å². The number of aromatic nitrogens is 2. The first-order valence-corrected chi connectivity index (χ1v) is 5.26. The maximum Gasteiger partial charge on any atom is 0.295 e. The van der Waals surface area contributed by atoms with Gasteiger partial charge in [-0.15, -0.1) is 0 Å². The Morgan fingerprint density at radius 2 is 2.44 bits per heavy atom. The molecule has 1 heterocycles. The van der Waals surface area contributed by atoms with Crippen LogP contribution in [0.1, 0.15) is 12.8 Å². The molecule has 0 aliphatic heterocycles. The fraction of sp³-hybridized carbons (Fsp3) is 0.600. The van der Waals surface area contributed by atoms with E-state index in [4.69, 9.17) is 10.5 Å². The van der Waals surface area contributed by atoms with E-state index in [-0.39, 0.29) is 16.7 Å². The van der Waals surface area contributed by atoms with E-state index in [9.17, 15) is 4.79 Å². The molecular formula is C10H16N4O2. The number of rotatable bonds is 5. The van der Waals surface area contributed by atoms with Crippen LogP contribution in [0.3, 0.4) is 0 Å². The summed E-state index contributed by atoms with van der Waals surface area (Å²) in [5.74, 6) is 0.696. The van der Waals surface area contributed by atoms with Crippen molar-refractivity contribution in [2.75, 3.05) is 25.5 Å². The molecular weight excluding hydrogens is 208 g/mol. The van der Waals surface area contributed by atoms with Crippen LogP contribution < -0.4 is 21.3 Å². The molecule has 6 nitrogen and oxygen atoms in total. The first-order valence-electron chi connectivity index (χ1n) is 5.26. The minimum atomic E-state index is -0.280. The maximum atomic E-state index is 11.4. The lowest BCUT2D eigenvalue weighted by molar-refractivity contribution is 0.407. The zero-order valence-corrected chi connectivity index (χ0v) is 9.25. The molecule has 0 amide bonds. The second-order valence-corrected chi connectivity index (χ2v) is 4.17. The SMILES string of the molecule is COc1c(NCC2(CN)CC2)nc[nH]c1=O. The first kappa shape index (κ1) is 10.9. The summed E-state index contributed by atoms with van der Waals surface area (Å²) in [5.41, 5.74) is 5.58. The van der Waals surface area contributed by atoms with Crippen LogP contribution in [0.4, 0.5) is 5.82 Å². The first-order chi connectivity index (χ1) is 7.71. The highest BCUT2D eigenvalue weighted by atomic mass is 16.5. The molecule has 1 aliphatic rings. The summed E-state index contributed by atoms with van der Waals surface area (Å²) in [6.07, 6.45) is 3.61. The Balaban J connectivity index is 2.09. The number of H-pyrrole nitrogens is 1. The molecule has 6 heteroatoms. The van der Waals surface area contributed by atoms with E-state index in [1.54, 1.807) is 0 Å². The standard InChI is InChI=1S/C10H16N4O2/c1-16-7-8(13-6-14-9(7)15)12-5-10(4-11)2-3-10/h6H,2-5,11H2,1H3,(H2,12,13,14,15). The molecule has 4 N–H and O–H groups in total. The number of ether oxygens (including phenoxy) is 1. The Morgan fingerprint density at radius 3 is 3.00 bits per heavy atom. The summed E-state index contributed by atoms with van der Waals surface area (Å²) in [5, 5.41) is 3.12. The lowest BCUT2D eigenvalue weighted by Gasteiger charge is -2.14. The molecule has 1 aliphatic carbocycles. The number of aromatic amines is 1. The van der Waals surface area contributed by atoms with E-state index in [1.165, 1.54) is 13.4 Å². The Hall–Kier alpha value is -1.56. The van der Waals surface area contributed by atoms with Gasteiger partial charge in [-0.05, 0) is 24.8 Å². The van der Waals surface area contributed by atoms with Gasteiger partial charge in [0, 0.05) is 6.54 Å². The highest BCUT2D eigenvalue weighted by molar-refractivity contribution is 5.48. The molecule has 1 fully saturated rings. The largest absolute Gasteiger partial charge is 0.489 e. The minimum Gasteiger partial charge on any atom is -0.489 e. The van der Waals surface area contributed by atoms with E-state index >= 15 is 0 Å². The Kier molecular flexibility index (Phi) is 2.82. The molecule has 0 atom stereocenters. The predicted octanol–water partition coefficient (Wildman–Crippen LogP) is -0.0707. The zero-order valence-electron chi connectivity index (χ0n) is 9.25. The van der Waals surface area contributed by atoms with Crippen molar-refractivity contribution in [1.29, 1.82) is 0 Å². The summed E-state index contributed by atoms with van der Waals surface area (Å²) in [7, 11) is 1.45. The number of hydrogen-bond acceptors (Lipinski definition) is 5. The average molecular weight is 224 g/mol. The van der Waals surface area contributed by atoms with Crippen molar-refractivity contribution in [2.45, 2.75) is 12.8 Å². The van der Waals surface area contributed by atoms with Gasteiger partial charge in [0.25, 0.3) is 5.56 Å². The average Bonchev–Trinajstić information content (AvgIpc) is 3.07. The molecule has 1 saturated carbocycles. The maximum absolute atomic E-state index is 11.4. The van der Waals surface area contributed by atoms with Crippen LogP contribution in [0.5, 0.6) is 5.75 Å². The van der Waals surface area contributed by atoms with Crippen molar-refractivity contribution in [3.05, 3.63) is 16.7 Å². The monoisotopic (exact) mass is 224 g/mol. The molecule has 88 valence electrons. The second-order valence-electron chi connectivity index (χ2n) is 4.17. The summed E-state index contributed by atoms with van der Waals surface area (Å²) < 4.78 is 5.00. The summed E-state index contributed by atoms with van der Waals surface area (Å²) >= 11 is 0. The third kappa shape index (κ3) is 2.01. The quantitative estimate of drug-likeness (QED) is 0.651. The normalized spacial score (nSPS) is 16.9. The van der Waals surface area contributed by atoms with Gasteiger partial charge in [0.1, 0.15) is 0 Å². The summed E-state index contributed by atoms with van der Waals surface area (Å²) in [6, 6.07) is 0. The Bertz CT molecular complexity index is 425. The van der Waals surface area contributed by atoms with Crippen LogP contribution in [0.2, 0.25) is 0 Å². The number of nitrogens with zero attached hydrogens (tertiary/aromatic N) is 1. The molecule has 0 bridgehead atoms. The van der Waals surface area contributed by atoms with E-state index in [0.717, 1.165) is 19.4 Å². The molecule has 1 aromatic heterocycles. The van der Waals surface area contributed by atoms with Gasteiger partial charge in [0.15, 0.2) is 5.82 Å². The molecule has 0 saturated heterocycles. The topological polar surface area (TPSA) is 93.0 Å². The van der Waals surface area contributed by atoms with Crippen molar-refractivity contribution in [3.8, 4) is 5.75 Å². The van der Waals surface area contributed by atoms with Gasteiger partial charge >= 0.3 is 0 Å². The van der Waals surface area contributed by atoms with Crippen molar-refractivity contribution >= 4 is 5.82 Å². The number of anilines is 1. The summed E-state index contributed by atoms with van der Waals surface area (Å²) in [4.78, 5) is 17.9. The lowest BCUT2D eigenvalue weighted by atomic mass is 10.1. The summed E-state index contributed by atoms with van der Waals surface area (Å²) in [6.45, 7) is 1.39. The number of nitrogens with two attached hydrogens (primary N) is 1. The van der Waals surface area contributed by atoms with E-state index in [2.05, 4.69) is 15.3 Å². The van der Waals surface area contributed by atoms with Gasteiger partial charge in [0.05, 0.1) is 13.4 Å². The van der Waals surface area contributed by atoms with Gasteiger partial charge in [-0.3, -0.25) is 4.79 Å². The lowest BCUT2D eigenvalue weighted by Crippen LogP contribution is -2.25. The second kappa shape index (κ2) is 4.13. The van der Waals surface area contributed by atoms with Crippen LogP contribution in [0.15, 0.2) is 11.1 Å². The van der Waals surface area contributed by atoms with Gasteiger partial charge < -0.3 is 20.8 Å². The molecule has 0 spiro atoms. The van der Waals surface area contributed by atoms with Gasteiger partial charge in [-0.2, -0.15) is 0 Å². The molecule has 0 unspecified atom stereocenters. The van der Waals surface area contributed by atoms with Crippen LogP contribution in [-0.4, -0.2) is 30.2 Å². The van der Waals surface area contributed by atoms with Gasteiger partial charge in [-0.1, -0.05) is 0 Å². The number of methoxy groups -OCH3 is 1. The van der Waals surface area contributed by atoms with Crippen LogP contribution >= 0.6 is 0 Å². The third-order valence-corrected chi connectivity index (χ3v) is 3.04. The smallest absolute Gasteiger partial charge is 0.295 e. The Labute approximate surface area is 93.2 Å². The van der Waals surface area contributed by atoms with Crippen LogP contribution in [-0.2, 0) is 0 Å². The fourth-order valence-electron chi connectivity index (χ4n) is 1.60.